The molecule has 1 N–H and O–H groups in total. The fraction of sp³-hybridized carbons (Fsp3) is 0.100. The van der Waals surface area contributed by atoms with Crippen molar-refractivity contribution in [1.82, 2.24) is 0 Å². The Kier molecular flexibility index (Phi) is 7.25. The number of carbonyl (C=O) groups excluding carboxylic acids is 2. The molecule has 0 bridgehead atoms. The molecule has 1 amide bonds. The van der Waals surface area contributed by atoms with Gasteiger partial charge in [0.05, 0.1) is 5.69 Å². The summed E-state index contributed by atoms with van der Waals surface area (Å²) < 4.78 is 36.3. The minimum atomic E-state index is -0.921. The van der Waals surface area contributed by atoms with Gasteiger partial charge in [0.1, 0.15) is 24.0 Å². The smallest absolute Gasteiger partial charge is 0.331 e. The Morgan fingerprint density at radius 1 is 1.11 bits per heavy atom. The Morgan fingerprint density at radius 3 is 2.52 bits per heavy atom. The van der Waals surface area contributed by atoms with E-state index in [9.17, 15) is 18.4 Å². The zero-order valence-corrected chi connectivity index (χ0v) is 14.3. The van der Waals surface area contributed by atoms with Crippen LogP contribution in [0.4, 0.5) is 14.5 Å². The average Bonchev–Trinajstić information content (AvgIpc) is 2.66. The van der Waals surface area contributed by atoms with Gasteiger partial charge in [-0.25, -0.2) is 13.6 Å². The number of ether oxygens (including phenoxy) is 2. The molecule has 5 nitrogen and oxygen atoms in total. The first-order valence-corrected chi connectivity index (χ1v) is 7.91. The number of carbonyl (C=O) groups is 2. The number of esters is 1. The van der Waals surface area contributed by atoms with Crippen molar-refractivity contribution in [3.8, 4) is 5.75 Å². The summed E-state index contributed by atoms with van der Waals surface area (Å²) in [6.45, 7) is 3.34. The number of hydrogen-bond acceptors (Lipinski definition) is 4. The maximum atomic E-state index is 13.4. The van der Waals surface area contributed by atoms with E-state index in [1.54, 1.807) is 30.3 Å². The van der Waals surface area contributed by atoms with Crippen LogP contribution >= 0.6 is 0 Å². The number of nitrogens with one attached hydrogen (secondary N) is 1. The lowest BCUT2D eigenvalue weighted by Gasteiger charge is -2.06. The van der Waals surface area contributed by atoms with Gasteiger partial charge in [-0.1, -0.05) is 24.8 Å². The molecule has 0 aliphatic carbocycles. The predicted octanol–water partition coefficient (Wildman–Crippen LogP) is 3.72. The van der Waals surface area contributed by atoms with E-state index in [0.717, 1.165) is 23.8 Å². The highest BCUT2D eigenvalue weighted by Gasteiger charge is 2.09. The standard InChI is InChI=1S/C20H17F2NO4/c1-2-11-26-16-7-3-14(4-8-16)5-10-20(25)27-13-19(24)23-18-9-6-15(21)12-17(18)22/h2-10,12H,1,11,13H2,(H,23,24)/b10-5+. The third-order valence-electron chi connectivity index (χ3n) is 3.21. The molecule has 0 fully saturated rings. The maximum absolute atomic E-state index is 13.4. The molecule has 0 saturated carbocycles. The summed E-state index contributed by atoms with van der Waals surface area (Å²) in [5, 5.41) is 2.19. The fourth-order valence-electron chi connectivity index (χ4n) is 1.96. The van der Waals surface area contributed by atoms with Gasteiger partial charge in [0.15, 0.2) is 6.61 Å². The van der Waals surface area contributed by atoms with Crippen molar-refractivity contribution in [2.75, 3.05) is 18.5 Å². The maximum Gasteiger partial charge on any atom is 0.331 e. The summed E-state index contributed by atoms with van der Waals surface area (Å²) in [6.07, 6.45) is 4.30. The van der Waals surface area contributed by atoms with Crippen LogP contribution in [0.3, 0.4) is 0 Å². The largest absolute Gasteiger partial charge is 0.490 e. The van der Waals surface area contributed by atoms with Crippen LogP contribution in [0, 0.1) is 11.6 Å². The highest BCUT2D eigenvalue weighted by Crippen LogP contribution is 2.15. The molecule has 7 heteroatoms. The SMILES string of the molecule is C=CCOc1ccc(/C=C/C(=O)OCC(=O)Nc2ccc(F)cc2F)cc1. The highest BCUT2D eigenvalue weighted by atomic mass is 19.1. The first-order valence-electron chi connectivity index (χ1n) is 7.91. The molecule has 0 radical (unpaired) electrons. The zero-order valence-electron chi connectivity index (χ0n) is 14.3. The van der Waals surface area contributed by atoms with Gasteiger partial charge in [-0.3, -0.25) is 4.79 Å². The summed E-state index contributed by atoms with van der Waals surface area (Å²) in [4.78, 5) is 23.3. The average molecular weight is 373 g/mol. The van der Waals surface area contributed by atoms with E-state index in [1.807, 2.05) is 0 Å². The van der Waals surface area contributed by atoms with Gasteiger partial charge in [-0.15, -0.1) is 0 Å². The third-order valence-corrected chi connectivity index (χ3v) is 3.21. The summed E-state index contributed by atoms with van der Waals surface area (Å²) in [5.41, 5.74) is 0.530. The van der Waals surface area contributed by atoms with Crippen LogP contribution < -0.4 is 10.1 Å². The molecule has 0 aliphatic heterocycles. The number of amides is 1. The van der Waals surface area contributed by atoms with E-state index in [4.69, 9.17) is 9.47 Å². The van der Waals surface area contributed by atoms with E-state index < -0.39 is 30.1 Å². The van der Waals surface area contributed by atoms with Crippen molar-refractivity contribution in [3.05, 3.63) is 78.4 Å². The zero-order chi connectivity index (χ0) is 19.6. The first kappa shape index (κ1) is 19.8. The van der Waals surface area contributed by atoms with Crippen LogP contribution in [0.25, 0.3) is 6.08 Å². The first-order chi connectivity index (χ1) is 13.0. The Hall–Kier alpha value is -3.48. The molecular formula is C20H17F2NO4. The van der Waals surface area contributed by atoms with Crippen molar-refractivity contribution >= 4 is 23.6 Å². The van der Waals surface area contributed by atoms with Gasteiger partial charge in [0.25, 0.3) is 5.91 Å². The van der Waals surface area contributed by atoms with Crippen molar-refractivity contribution in [1.29, 1.82) is 0 Å². The second-order valence-electron chi connectivity index (χ2n) is 5.28. The summed E-state index contributed by atoms with van der Waals surface area (Å²) in [7, 11) is 0. The van der Waals surface area contributed by atoms with E-state index >= 15 is 0 Å². The minimum Gasteiger partial charge on any atom is -0.490 e. The summed E-state index contributed by atoms with van der Waals surface area (Å²) in [5.74, 6) is -2.50. The van der Waals surface area contributed by atoms with Crippen LogP contribution in [0.1, 0.15) is 5.56 Å². The van der Waals surface area contributed by atoms with Gasteiger partial charge in [-0.05, 0) is 35.9 Å². The second kappa shape index (κ2) is 9.86. The molecule has 2 rings (SSSR count). The van der Waals surface area contributed by atoms with Gasteiger partial charge in [0.2, 0.25) is 0 Å². The molecule has 0 spiro atoms. The lowest BCUT2D eigenvalue weighted by Crippen LogP contribution is -2.20. The van der Waals surface area contributed by atoms with Crippen molar-refractivity contribution in [3.63, 3.8) is 0 Å². The lowest BCUT2D eigenvalue weighted by molar-refractivity contribution is -0.142. The molecule has 0 unspecified atom stereocenters. The van der Waals surface area contributed by atoms with Gasteiger partial charge in [-0.2, -0.15) is 0 Å². The number of rotatable bonds is 8. The lowest BCUT2D eigenvalue weighted by atomic mass is 10.2. The van der Waals surface area contributed by atoms with Crippen molar-refractivity contribution in [2.45, 2.75) is 0 Å². The van der Waals surface area contributed by atoms with Crippen molar-refractivity contribution < 1.29 is 27.8 Å². The minimum absolute atomic E-state index is 0.202. The summed E-state index contributed by atoms with van der Waals surface area (Å²) >= 11 is 0. The molecule has 0 saturated heterocycles. The summed E-state index contributed by atoms with van der Waals surface area (Å²) in [6, 6.07) is 9.67. The molecular weight excluding hydrogens is 356 g/mol. The predicted molar refractivity (Wildman–Crippen MR) is 97.1 cm³/mol. The molecule has 2 aromatic rings. The van der Waals surface area contributed by atoms with E-state index in [0.29, 0.717) is 18.4 Å². The molecule has 0 aliphatic rings. The van der Waals surface area contributed by atoms with Gasteiger partial charge in [0, 0.05) is 12.1 Å². The van der Waals surface area contributed by atoms with E-state index in [1.165, 1.54) is 6.08 Å². The molecule has 0 aromatic heterocycles. The van der Waals surface area contributed by atoms with E-state index in [2.05, 4.69) is 11.9 Å². The molecule has 2 aromatic carbocycles. The third kappa shape index (κ3) is 6.74. The Labute approximate surface area is 154 Å². The normalized spacial score (nSPS) is 10.4. The topological polar surface area (TPSA) is 64.6 Å². The van der Waals surface area contributed by atoms with Crippen LogP contribution in [0.15, 0.2) is 61.2 Å². The Morgan fingerprint density at radius 2 is 1.85 bits per heavy atom. The molecule has 27 heavy (non-hydrogen) atoms. The Balaban J connectivity index is 1.80. The van der Waals surface area contributed by atoms with Crippen LogP contribution in [-0.4, -0.2) is 25.1 Å². The van der Waals surface area contributed by atoms with E-state index in [-0.39, 0.29) is 5.69 Å². The van der Waals surface area contributed by atoms with Gasteiger partial charge < -0.3 is 14.8 Å². The quantitative estimate of drug-likeness (QED) is 0.435. The monoisotopic (exact) mass is 373 g/mol. The van der Waals surface area contributed by atoms with Crippen LogP contribution in [-0.2, 0) is 14.3 Å². The van der Waals surface area contributed by atoms with Crippen LogP contribution in [0.5, 0.6) is 5.75 Å². The Bertz CT molecular complexity index is 848. The molecule has 140 valence electrons. The second-order valence-corrected chi connectivity index (χ2v) is 5.28. The van der Waals surface area contributed by atoms with Crippen molar-refractivity contribution in [2.24, 2.45) is 0 Å². The van der Waals surface area contributed by atoms with Gasteiger partial charge >= 0.3 is 5.97 Å². The number of anilines is 1. The number of hydrogen-bond donors (Lipinski definition) is 1. The number of halogens is 2. The molecule has 0 heterocycles. The molecule has 0 atom stereocenters. The number of benzene rings is 2. The van der Waals surface area contributed by atoms with Crippen LogP contribution in [0.2, 0.25) is 0 Å². The fourth-order valence-corrected chi connectivity index (χ4v) is 1.96. The highest BCUT2D eigenvalue weighted by molar-refractivity contribution is 5.94.